The summed E-state index contributed by atoms with van der Waals surface area (Å²) in [5.41, 5.74) is 3.59. The molecular weight excluding hydrogens is 234 g/mol. The van der Waals surface area contributed by atoms with Crippen molar-refractivity contribution in [2.24, 2.45) is 0 Å². The van der Waals surface area contributed by atoms with Gasteiger partial charge in [0.15, 0.2) is 0 Å². The molecule has 3 nitrogen and oxygen atoms in total. The Morgan fingerprint density at radius 3 is 2.42 bits per heavy atom. The second kappa shape index (κ2) is 6.34. The molecule has 0 aliphatic carbocycles. The zero-order chi connectivity index (χ0) is 13.7. The first-order chi connectivity index (χ1) is 9.16. The second-order valence-corrected chi connectivity index (χ2v) is 4.92. The molecule has 0 amide bonds. The molecule has 19 heavy (non-hydrogen) atoms. The lowest BCUT2D eigenvalue weighted by Gasteiger charge is -2.15. The number of hydrogen-bond donors (Lipinski definition) is 1. The normalized spacial score (nSPS) is 12.2. The number of benzene rings is 1. The smallest absolute Gasteiger partial charge is 0.0570 e. The molecule has 100 valence electrons. The first-order valence-electron chi connectivity index (χ1n) is 6.57. The third kappa shape index (κ3) is 3.80. The molecule has 0 unspecified atom stereocenters. The van der Waals surface area contributed by atoms with E-state index in [0.29, 0.717) is 0 Å². The molecule has 0 radical (unpaired) electrons. The van der Waals surface area contributed by atoms with Crippen molar-refractivity contribution >= 4 is 5.69 Å². The van der Waals surface area contributed by atoms with Gasteiger partial charge < -0.3 is 10.2 Å². The molecule has 1 aromatic heterocycles. The summed E-state index contributed by atoms with van der Waals surface area (Å²) in [4.78, 5) is 6.46. The highest BCUT2D eigenvalue weighted by Crippen LogP contribution is 2.14. The Balaban J connectivity index is 1.92. The highest BCUT2D eigenvalue weighted by molar-refractivity contribution is 5.45. The average Bonchev–Trinajstić information content (AvgIpc) is 2.46. The van der Waals surface area contributed by atoms with Crippen LogP contribution in [-0.4, -0.2) is 19.1 Å². The van der Waals surface area contributed by atoms with E-state index in [0.717, 1.165) is 12.2 Å². The van der Waals surface area contributed by atoms with E-state index >= 15 is 0 Å². The van der Waals surface area contributed by atoms with Crippen molar-refractivity contribution < 1.29 is 0 Å². The van der Waals surface area contributed by atoms with Crippen LogP contribution >= 0.6 is 0 Å². The summed E-state index contributed by atoms with van der Waals surface area (Å²) in [7, 11) is 4.10. The molecule has 2 rings (SSSR count). The Morgan fingerprint density at radius 1 is 1.11 bits per heavy atom. The molecule has 0 aliphatic heterocycles. The van der Waals surface area contributed by atoms with Crippen LogP contribution in [0.15, 0.2) is 48.7 Å². The van der Waals surface area contributed by atoms with Gasteiger partial charge in [-0.25, -0.2) is 0 Å². The second-order valence-electron chi connectivity index (χ2n) is 4.92. The van der Waals surface area contributed by atoms with E-state index in [9.17, 15) is 0 Å². The van der Waals surface area contributed by atoms with Crippen LogP contribution < -0.4 is 10.2 Å². The fourth-order valence-electron chi connectivity index (χ4n) is 1.92. The van der Waals surface area contributed by atoms with Gasteiger partial charge in [0.05, 0.1) is 5.69 Å². The van der Waals surface area contributed by atoms with E-state index in [1.54, 1.807) is 0 Å². The average molecular weight is 255 g/mol. The number of pyridine rings is 1. The molecule has 0 spiro atoms. The Hall–Kier alpha value is -1.87. The number of rotatable bonds is 5. The van der Waals surface area contributed by atoms with Crippen LogP contribution in [0.1, 0.15) is 24.2 Å². The van der Waals surface area contributed by atoms with Gasteiger partial charge in [-0.05, 0) is 36.8 Å². The lowest BCUT2D eigenvalue weighted by molar-refractivity contribution is 0.561. The minimum Gasteiger partial charge on any atom is -0.378 e. The zero-order valence-corrected chi connectivity index (χ0v) is 11.8. The summed E-state index contributed by atoms with van der Waals surface area (Å²) in [6, 6.07) is 14.9. The van der Waals surface area contributed by atoms with Crippen LogP contribution in [-0.2, 0) is 6.54 Å². The maximum atomic E-state index is 4.36. The molecule has 1 atom stereocenters. The van der Waals surface area contributed by atoms with Gasteiger partial charge in [0.1, 0.15) is 0 Å². The monoisotopic (exact) mass is 255 g/mol. The molecule has 0 aliphatic rings. The number of nitrogens with zero attached hydrogens (tertiary/aromatic N) is 2. The number of aromatic nitrogens is 1. The molecule has 0 fully saturated rings. The predicted molar refractivity (Wildman–Crippen MR) is 80.3 cm³/mol. The molecule has 3 heteroatoms. The quantitative estimate of drug-likeness (QED) is 0.890. The van der Waals surface area contributed by atoms with Gasteiger partial charge in [0.25, 0.3) is 0 Å². The van der Waals surface area contributed by atoms with Gasteiger partial charge in [-0.3, -0.25) is 4.98 Å². The first-order valence-corrected chi connectivity index (χ1v) is 6.57. The van der Waals surface area contributed by atoms with E-state index in [1.165, 1.54) is 11.3 Å². The molecule has 0 saturated heterocycles. The van der Waals surface area contributed by atoms with Gasteiger partial charge in [-0.15, -0.1) is 0 Å². The molecule has 2 aromatic rings. The SMILES string of the molecule is C[C@@H](NCc1ccc(N(C)C)cc1)c1ccccn1. The van der Waals surface area contributed by atoms with Gasteiger partial charge in [-0.1, -0.05) is 18.2 Å². The Bertz CT molecular complexity index is 491. The van der Waals surface area contributed by atoms with Crippen molar-refractivity contribution in [1.29, 1.82) is 0 Å². The topological polar surface area (TPSA) is 28.2 Å². The van der Waals surface area contributed by atoms with E-state index < -0.39 is 0 Å². The van der Waals surface area contributed by atoms with Crippen molar-refractivity contribution in [2.75, 3.05) is 19.0 Å². The van der Waals surface area contributed by atoms with Crippen LogP contribution in [0.4, 0.5) is 5.69 Å². The van der Waals surface area contributed by atoms with Gasteiger partial charge >= 0.3 is 0 Å². The first kappa shape index (κ1) is 13.6. The summed E-state index contributed by atoms with van der Waals surface area (Å²) in [6.45, 7) is 2.99. The standard InChI is InChI=1S/C16H21N3/c1-13(16-6-4-5-11-17-16)18-12-14-7-9-15(10-8-14)19(2)3/h4-11,13,18H,12H2,1-3H3/t13-/m1/s1. The molecule has 1 aromatic carbocycles. The molecular formula is C16H21N3. The molecule has 1 heterocycles. The molecule has 0 bridgehead atoms. The largest absolute Gasteiger partial charge is 0.378 e. The number of hydrogen-bond acceptors (Lipinski definition) is 3. The van der Waals surface area contributed by atoms with E-state index in [4.69, 9.17) is 0 Å². The van der Waals surface area contributed by atoms with Crippen molar-refractivity contribution in [2.45, 2.75) is 19.5 Å². The van der Waals surface area contributed by atoms with E-state index in [1.807, 2.05) is 24.4 Å². The van der Waals surface area contributed by atoms with Crippen LogP contribution in [0.5, 0.6) is 0 Å². The maximum absolute atomic E-state index is 4.36. The number of anilines is 1. The van der Waals surface area contributed by atoms with Crippen LogP contribution in [0, 0.1) is 0 Å². The van der Waals surface area contributed by atoms with E-state index in [2.05, 4.69) is 60.5 Å². The summed E-state index contributed by atoms with van der Waals surface area (Å²) in [6.07, 6.45) is 1.83. The van der Waals surface area contributed by atoms with Crippen molar-refractivity contribution in [1.82, 2.24) is 10.3 Å². The third-order valence-corrected chi connectivity index (χ3v) is 3.20. The van der Waals surface area contributed by atoms with Crippen molar-refractivity contribution in [3.8, 4) is 0 Å². The number of nitrogens with one attached hydrogen (secondary N) is 1. The Labute approximate surface area is 115 Å². The summed E-state index contributed by atoms with van der Waals surface area (Å²) < 4.78 is 0. The summed E-state index contributed by atoms with van der Waals surface area (Å²) in [5, 5.41) is 3.49. The maximum Gasteiger partial charge on any atom is 0.0570 e. The highest BCUT2D eigenvalue weighted by Gasteiger charge is 2.05. The van der Waals surface area contributed by atoms with Gasteiger partial charge in [0, 0.05) is 38.6 Å². The van der Waals surface area contributed by atoms with Gasteiger partial charge in [0.2, 0.25) is 0 Å². The predicted octanol–water partition coefficient (Wildman–Crippen LogP) is 3.00. The lowest BCUT2D eigenvalue weighted by atomic mass is 10.1. The lowest BCUT2D eigenvalue weighted by Crippen LogP contribution is -2.19. The molecule has 0 saturated carbocycles. The highest BCUT2D eigenvalue weighted by atomic mass is 15.1. The summed E-state index contributed by atoms with van der Waals surface area (Å²) >= 11 is 0. The van der Waals surface area contributed by atoms with Crippen LogP contribution in [0.3, 0.4) is 0 Å². The third-order valence-electron chi connectivity index (χ3n) is 3.20. The van der Waals surface area contributed by atoms with Crippen molar-refractivity contribution in [3.05, 3.63) is 59.9 Å². The van der Waals surface area contributed by atoms with E-state index in [-0.39, 0.29) is 6.04 Å². The van der Waals surface area contributed by atoms with Crippen LogP contribution in [0.2, 0.25) is 0 Å². The minimum atomic E-state index is 0.259. The fraction of sp³-hybridized carbons (Fsp3) is 0.312. The Morgan fingerprint density at radius 2 is 1.84 bits per heavy atom. The molecule has 1 N–H and O–H groups in total. The zero-order valence-electron chi connectivity index (χ0n) is 11.8. The summed E-state index contributed by atoms with van der Waals surface area (Å²) in [5.74, 6) is 0. The van der Waals surface area contributed by atoms with Crippen LogP contribution in [0.25, 0.3) is 0 Å². The van der Waals surface area contributed by atoms with Gasteiger partial charge in [-0.2, -0.15) is 0 Å². The minimum absolute atomic E-state index is 0.259. The fourth-order valence-corrected chi connectivity index (χ4v) is 1.92. The Kier molecular flexibility index (Phi) is 4.53. The van der Waals surface area contributed by atoms with Crippen molar-refractivity contribution in [3.63, 3.8) is 0 Å².